The van der Waals surface area contributed by atoms with Crippen LogP contribution in [0.2, 0.25) is 0 Å². The number of aliphatic hydroxyl groups is 1. The van der Waals surface area contributed by atoms with Crippen LogP contribution < -0.4 is 11.1 Å². The third-order valence-corrected chi connectivity index (χ3v) is 4.94. The molecule has 4 N–H and O–H groups in total. The maximum absolute atomic E-state index is 12.9. The smallest absolute Gasteiger partial charge is 0.392 e. The van der Waals surface area contributed by atoms with Crippen molar-refractivity contribution in [1.29, 1.82) is 0 Å². The Labute approximate surface area is 151 Å². The Balaban J connectivity index is 2.25. The molecule has 0 spiro atoms. The molecule has 0 saturated heterocycles. The molecule has 1 saturated carbocycles. The number of rotatable bonds is 4. The summed E-state index contributed by atoms with van der Waals surface area (Å²) in [6, 6.07) is 0.838. The van der Waals surface area contributed by atoms with Crippen LogP contribution >= 0.6 is 0 Å². The SMILES string of the molecule is CC(O)[C@]1(C(=O)NCc2cc(C(F)(F)F)cc(C(F)(F)F)c2)CC[C@@H](N)C1. The predicted octanol–water partition coefficient (Wildman–Crippen LogP) is 3.22. The second kappa shape index (κ2) is 7.31. The number of benzene rings is 1. The van der Waals surface area contributed by atoms with E-state index >= 15 is 0 Å². The number of nitrogens with two attached hydrogens (primary N) is 1. The molecule has 4 nitrogen and oxygen atoms in total. The molecule has 1 aliphatic rings. The lowest BCUT2D eigenvalue weighted by Gasteiger charge is -2.31. The molecule has 0 aliphatic heterocycles. The van der Waals surface area contributed by atoms with Gasteiger partial charge in [-0.05, 0) is 49.9 Å². The van der Waals surface area contributed by atoms with Gasteiger partial charge in [-0.25, -0.2) is 0 Å². The lowest BCUT2D eigenvalue weighted by molar-refractivity contribution is -0.143. The summed E-state index contributed by atoms with van der Waals surface area (Å²) in [5.74, 6) is -0.642. The zero-order valence-corrected chi connectivity index (χ0v) is 14.4. The molecule has 27 heavy (non-hydrogen) atoms. The number of carbonyl (C=O) groups is 1. The van der Waals surface area contributed by atoms with E-state index in [4.69, 9.17) is 5.73 Å². The van der Waals surface area contributed by atoms with Gasteiger partial charge in [0.25, 0.3) is 0 Å². The molecule has 3 atom stereocenters. The topological polar surface area (TPSA) is 75.3 Å². The van der Waals surface area contributed by atoms with Crippen molar-refractivity contribution >= 4 is 5.91 Å². The molecule has 0 aromatic heterocycles. The molecule has 1 aromatic rings. The van der Waals surface area contributed by atoms with Crippen LogP contribution in [0.1, 0.15) is 42.9 Å². The molecule has 0 radical (unpaired) electrons. The number of hydrogen-bond donors (Lipinski definition) is 3. The largest absolute Gasteiger partial charge is 0.416 e. The highest BCUT2D eigenvalue weighted by molar-refractivity contribution is 5.83. The van der Waals surface area contributed by atoms with Crippen LogP contribution in [0.5, 0.6) is 0 Å². The average molecular weight is 398 g/mol. The Morgan fingerprint density at radius 3 is 2.11 bits per heavy atom. The van der Waals surface area contributed by atoms with E-state index in [0.29, 0.717) is 18.6 Å². The van der Waals surface area contributed by atoms with Gasteiger partial charge in [0.2, 0.25) is 5.91 Å². The number of nitrogens with one attached hydrogen (secondary N) is 1. The van der Waals surface area contributed by atoms with Gasteiger partial charge < -0.3 is 16.2 Å². The van der Waals surface area contributed by atoms with E-state index in [9.17, 15) is 36.2 Å². The second-order valence-electron chi connectivity index (χ2n) is 6.93. The molecule has 1 aromatic carbocycles. The summed E-state index contributed by atoms with van der Waals surface area (Å²) in [5, 5.41) is 12.3. The summed E-state index contributed by atoms with van der Waals surface area (Å²) in [7, 11) is 0. The van der Waals surface area contributed by atoms with Gasteiger partial charge in [-0.2, -0.15) is 26.3 Å². The van der Waals surface area contributed by atoms with Crippen molar-refractivity contribution in [3.8, 4) is 0 Å². The predicted molar refractivity (Wildman–Crippen MR) is 84.2 cm³/mol. The summed E-state index contributed by atoms with van der Waals surface area (Å²) >= 11 is 0. The molecule has 0 bridgehead atoms. The summed E-state index contributed by atoms with van der Waals surface area (Å²) in [6.07, 6.45) is -10.0. The molecule has 10 heteroatoms. The zero-order chi connectivity index (χ0) is 20.6. The van der Waals surface area contributed by atoms with Gasteiger partial charge in [0.15, 0.2) is 0 Å². The van der Waals surface area contributed by atoms with E-state index in [2.05, 4.69) is 5.32 Å². The highest BCUT2D eigenvalue weighted by Gasteiger charge is 2.48. The summed E-state index contributed by atoms with van der Waals surface area (Å²) in [4.78, 5) is 12.5. The van der Waals surface area contributed by atoms with E-state index < -0.39 is 47.5 Å². The fourth-order valence-corrected chi connectivity index (χ4v) is 3.37. The van der Waals surface area contributed by atoms with Crippen LogP contribution in [0.4, 0.5) is 26.3 Å². The van der Waals surface area contributed by atoms with Crippen molar-refractivity contribution in [2.24, 2.45) is 11.1 Å². The second-order valence-corrected chi connectivity index (χ2v) is 6.93. The van der Waals surface area contributed by atoms with Gasteiger partial charge in [-0.15, -0.1) is 0 Å². The molecule has 0 heterocycles. The maximum Gasteiger partial charge on any atom is 0.416 e. The van der Waals surface area contributed by atoms with Crippen molar-refractivity contribution in [2.45, 2.75) is 57.2 Å². The Hall–Kier alpha value is -1.81. The molecular formula is C17H20F6N2O2. The minimum absolute atomic E-state index is 0.0264. The minimum atomic E-state index is -4.96. The van der Waals surface area contributed by atoms with Crippen LogP contribution in [0.15, 0.2) is 18.2 Å². The molecule has 1 aliphatic carbocycles. The van der Waals surface area contributed by atoms with Crippen molar-refractivity contribution < 1.29 is 36.2 Å². The first-order valence-corrected chi connectivity index (χ1v) is 8.26. The van der Waals surface area contributed by atoms with E-state index in [1.165, 1.54) is 6.92 Å². The van der Waals surface area contributed by atoms with Crippen LogP contribution in [0.3, 0.4) is 0 Å². The lowest BCUT2D eigenvalue weighted by atomic mass is 9.79. The molecule has 152 valence electrons. The Bertz CT molecular complexity index is 669. The first-order valence-electron chi connectivity index (χ1n) is 8.26. The number of carbonyl (C=O) groups excluding carboxylic acids is 1. The van der Waals surface area contributed by atoms with Crippen molar-refractivity contribution in [3.05, 3.63) is 34.9 Å². The highest BCUT2D eigenvalue weighted by atomic mass is 19.4. The third kappa shape index (κ3) is 4.73. The average Bonchev–Trinajstić information content (AvgIpc) is 2.94. The number of amides is 1. The quantitative estimate of drug-likeness (QED) is 0.682. The van der Waals surface area contributed by atoms with Gasteiger partial charge in [-0.3, -0.25) is 4.79 Å². The van der Waals surface area contributed by atoms with E-state index in [1.54, 1.807) is 0 Å². The van der Waals surface area contributed by atoms with E-state index in [1.807, 2.05) is 0 Å². The molecular weight excluding hydrogens is 378 g/mol. The Kier molecular flexibility index (Phi) is 5.82. The molecule has 1 unspecified atom stereocenters. The fraction of sp³-hybridized carbons (Fsp3) is 0.588. The van der Waals surface area contributed by atoms with Gasteiger partial charge in [-0.1, -0.05) is 0 Å². The normalized spacial score (nSPS) is 24.7. The Morgan fingerprint density at radius 1 is 1.22 bits per heavy atom. The van der Waals surface area contributed by atoms with Crippen molar-refractivity contribution in [1.82, 2.24) is 5.32 Å². The van der Waals surface area contributed by atoms with Crippen LogP contribution in [0.25, 0.3) is 0 Å². The van der Waals surface area contributed by atoms with Gasteiger partial charge in [0, 0.05) is 12.6 Å². The maximum atomic E-state index is 12.9. The van der Waals surface area contributed by atoms with Crippen LogP contribution in [-0.2, 0) is 23.7 Å². The monoisotopic (exact) mass is 398 g/mol. The van der Waals surface area contributed by atoms with Crippen LogP contribution in [0, 0.1) is 5.41 Å². The molecule has 1 amide bonds. The number of alkyl halides is 6. The summed E-state index contributed by atoms with van der Waals surface area (Å²) < 4.78 is 77.3. The fourth-order valence-electron chi connectivity index (χ4n) is 3.37. The van der Waals surface area contributed by atoms with Crippen molar-refractivity contribution in [3.63, 3.8) is 0 Å². The first kappa shape index (κ1) is 21.5. The van der Waals surface area contributed by atoms with Gasteiger partial charge >= 0.3 is 12.4 Å². The lowest BCUT2D eigenvalue weighted by Crippen LogP contribution is -2.46. The molecule has 2 rings (SSSR count). The van der Waals surface area contributed by atoms with E-state index in [0.717, 1.165) is 0 Å². The van der Waals surface area contributed by atoms with E-state index in [-0.39, 0.29) is 30.5 Å². The number of aliphatic hydroxyl groups excluding tert-OH is 1. The highest BCUT2D eigenvalue weighted by Crippen LogP contribution is 2.41. The molecule has 1 fully saturated rings. The Morgan fingerprint density at radius 2 is 1.74 bits per heavy atom. The number of halogens is 6. The third-order valence-electron chi connectivity index (χ3n) is 4.94. The standard InChI is InChI=1S/C17H20F6N2O2/c1-9(26)15(3-2-13(24)7-15)14(27)25-8-10-4-11(16(18,19)20)6-12(5-10)17(21,22)23/h4-6,9,13,26H,2-3,7-8,24H2,1H3,(H,25,27)/t9?,13-,15+/m1/s1. The first-order chi connectivity index (χ1) is 12.3. The minimum Gasteiger partial charge on any atom is -0.392 e. The summed E-state index contributed by atoms with van der Waals surface area (Å²) in [6.45, 7) is 0.874. The summed E-state index contributed by atoms with van der Waals surface area (Å²) in [5.41, 5.74) is 1.35. The van der Waals surface area contributed by atoms with Crippen molar-refractivity contribution in [2.75, 3.05) is 0 Å². The van der Waals surface area contributed by atoms with Gasteiger partial charge in [0.05, 0.1) is 22.6 Å². The number of hydrogen-bond acceptors (Lipinski definition) is 3. The zero-order valence-electron chi connectivity index (χ0n) is 14.4. The van der Waals surface area contributed by atoms with Gasteiger partial charge in [0.1, 0.15) is 0 Å². The van der Waals surface area contributed by atoms with Crippen LogP contribution in [-0.4, -0.2) is 23.2 Å².